The van der Waals surface area contributed by atoms with Crippen LogP contribution in [0.25, 0.3) is 0 Å². The molecule has 5 heteroatoms. The second kappa shape index (κ2) is 11.4. The van der Waals surface area contributed by atoms with Gasteiger partial charge in [-0.05, 0) is 88.0 Å². The maximum Gasteiger partial charge on any atom is 0.223 e. The van der Waals surface area contributed by atoms with E-state index in [1.54, 1.807) is 0 Å². The van der Waals surface area contributed by atoms with Crippen LogP contribution in [0.5, 0.6) is 5.75 Å². The van der Waals surface area contributed by atoms with Gasteiger partial charge in [-0.3, -0.25) is 9.69 Å². The summed E-state index contributed by atoms with van der Waals surface area (Å²) in [4.78, 5) is 14.9. The van der Waals surface area contributed by atoms with Gasteiger partial charge in [0.15, 0.2) is 0 Å². The topological polar surface area (TPSA) is 41.6 Å². The summed E-state index contributed by atoms with van der Waals surface area (Å²) in [6.07, 6.45) is 3.95. The first-order valence-corrected chi connectivity index (χ1v) is 11.4. The number of hydrogen-bond donors (Lipinski definition) is 1. The van der Waals surface area contributed by atoms with Gasteiger partial charge in [-0.15, -0.1) is 0 Å². The third-order valence-electron chi connectivity index (χ3n) is 5.51. The van der Waals surface area contributed by atoms with Crippen LogP contribution in [0.2, 0.25) is 5.02 Å². The predicted octanol–water partition coefficient (Wildman–Crippen LogP) is 5.09. The molecule has 4 nitrogen and oxygen atoms in total. The number of nitrogens with zero attached hydrogens (tertiary/aromatic N) is 1. The van der Waals surface area contributed by atoms with Gasteiger partial charge in [0.05, 0.1) is 6.10 Å². The van der Waals surface area contributed by atoms with Crippen LogP contribution >= 0.6 is 11.6 Å². The third-order valence-corrected chi connectivity index (χ3v) is 5.77. The summed E-state index contributed by atoms with van der Waals surface area (Å²) in [5.41, 5.74) is 2.54. The van der Waals surface area contributed by atoms with Crippen molar-refractivity contribution in [2.45, 2.75) is 52.2 Å². The van der Waals surface area contributed by atoms with Gasteiger partial charge in [-0.1, -0.05) is 35.9 Å². The molecule has 30 heavy (non-hydrogen) atoms. The summed E-state index contributed by atoms with van der Waals surface area (Å²) in [5.74, 6) is 1.25. The quantitative estimate of drug-likeness (QED) is 0.565. The summed E-state index contributed by atoms with van der Waals surface area (Å²) >= 11 is 5.95. The van der Waals surface area contributed by atoms with Crippen molar-refractivity contribution in [1.29, 1.82) is 0 Å². The van der Waals surface area contributed by atoms with E-state index in [4.69, 9.17) is 16.3 Å². The van der Waals surface area contributed by atoms with Crippen LogP contribution in [0, 0.1) is 5.92 Å². The number of likely N-dealkylation sites (tertiary alicyclic amines) is 1. The highest BCUT2D eigenvalue weighted by atomic mass is 35.5. The highest BCUT2D eigenvalue weighted by molar-refractivity contribution is 6.30. The Morgan fingerprint density at radius 3 is 2.33 bits per heavy atom. The molecule has 0 saturated carbocycles. The molecule has 1 N–H and O–H groups in total. The Hall–Kier alpha value is -2.04. The number of piperidine rings is 1. The molecule has 1 aliphatic heterocycles. The van der Waals surface area contributed by atoms with Gasteiger partial charge in [-0.25, -0.2) is 0 Å². The lowest BCUT2D eigenvalue weighted by atomic mass is 9.95. The SMILES string of the molecule is CC(C)Oc1ccc(CCCNC(=O)C2CCN(Cc3ccc(Cl)cc3)CC2)cc1. The van der Waals surface area contributed by atoms with Crippen LogP contribution in [-0.4, -0.2) is 36.5 Å². The van der Waals surface area contributed by atoms with Gasteiger partial charge in [-0.2, -0.15) is 0 Å². The summed E-state index contributed by atoms with van der Waals surface area (Å²) in [7, 11) is 0. The first-order chi connectivity index (χ1) is 14.5. The number of hydrogen-bond acceptors (Lipinski definition) is 3. The van der Waals surface area contributed by atoms with Crippen LogP contribution in [0.3, 0.4) is 0 Å². The van der Waals surface area contributed by atoms with Crippen molar-refractivity contribution in [3.63, 3.8) is 0 Å². The van der Waals surface area contributed by atoms with Gasteiger partial charge >= 0.3 is 0 Å². The van der Waals surface area contributed by atoms with E-state index in [9.17, 15) is 4.79 Å². The number of amides is 1. The zero-order valence-corrected chi connectivity index (χ0v) is 18.8. The molecule has 0 bridgehead atoms. The lowest BCUT2D eigenvalue weighted by Crippen LogP contribution is -2.40. The fourth-order valence-electron chi connectivity index (χ4n) is 3.86. The minimum Gasteiger partial charge on any atom is -0.491 e. The lowest BCUT2D eigenvalue weighted by Gasteiger charge is -2.31. The molecule has 0 aromatic heterocycles. The second-order valence-electron chi connectivity index (χ2n) is 8.38. The highest BCUT2D eigenvalue weighted by Crippen LogP contribution is 2.20. The van der Waals surface area contributed by atoms with Crippen molar-refractivity contribution < 1.29 is 9.53 Å². The van der Waals surface area contributed by atoms with Gasteiger partial charge in [0, 0.05) is 24.0 Å². The molecule has 0 radical (unpaired) electrons. The van der Waals surface area contributed by atoms with Crippen molar-refractivity contribution in [2.24, 2.45) is 5.92 Å². The van der Waals surface area contributed by atoms with Gasteiger partial charge < -0.3 is 10.1 Å². The van der Waals surface area contributed by atoms with Crippen LogP contribution < -0.4 is 10.1 Å². The monoisotopic (exact) mass is 428 g/mol. The number of benzene rings is 2. The largest absolute Gasteiger partial charge is 0.491 e. The fraction of sp³-hybridized carbons (Fsp3) is 0.480. The van der Waals surface area contributed by atoms with Crippen molar-refractivity contribution >= 4 is 17.5 Å². The molecule has 3 rings (SSSR count). The number of halogens is 1. The Balaban J connectivity index is 1.31. The third kappa shape index (κ3) is 7.33. The molecule has 0 spiro atoms. The van der Waals surface area contributed by atoms with E-state index < -0.39 is 0 Å². The number of aryl methyl sites for hydroxylation is 1. The van der Waals surface area contributed by atoms with E-state index >= 15 is 0 Å². The van der Waals surface area contributed by atoms with Crippen molar-refractivity contribution in [3.8, 4) is 5.75 Å². The molecule has 2 aromatic carbocycles. The predicted molar refractivity (Wildman–Crippen MR) is 123 cm³/mol. The van der Waals surface area contributed by atoms with E-state index in [1.165, 1.54) is 11.1 Å². The Kier molecular flexibility index (Phi) is 8.59. The Morgan fingerprint density at radius 1 is 1.07 bits per heavy atom. The van der Waals surface area contributed by atoms with Gasteiger partial charge in [0.2, 0.25) is 5.91 Å². The zero-order chi connectivity index (χ0) is 21.3. The first kappa shape index (κ1) is 22.6. The summed E-state index contributed by atoms with van der Waals surface area (Å²) in [5, 5.41) is 3.90. The molecule has 162 valence electrons. The average molecular weight is 429 g/mol. The van der Waals surface area contributed by atoms with Crippen molar-refractivity contribution in [1.82, 2.24) is 10.2 Å². The van der Waals surface area contributed by atoms with E-state index in [1.807, 2.05) is 38.1 Å². The molecular formula is C25H33ClN2O2. The Labute approximate surface area is 185 Å². The van der Waals surface area contributed by atoms with Gasteiger partial charge in [0.1, 0.15) is 5.75 Å². The molecule has 1 fully saturated rings. The molecule has 0 atom stereocenters. The Morgan fingerprint density at radius 2 is 1.70 bits per heavy atom. The highest BCUT2D eigenvalue weighted by Gasteiger charge is 2.24. The number of ether oxygens (including phenoxy) is 1. The molecule has 0 aliphatic carbocycles. The number of carbonyl (C=O) groups excluding carboxylic acids is 1. The minimum absolute atomic E-state index is 0.138. The normalized spacial score (nSPS) is 15.3. The summed E-state index contributed by atoms with van der Waals surface area (Å²) in [6.45, 7) is 7.64. The van der Waals surface area contributed by atoms with Crippen LogP contribution in [0.1, 0.15) is 44.2 Å². The molecular weight excluding hydrogens is 396 g/mol. The standard InChI is InChI=1S/C25H33ClN2O2/c1-19(2)30-24-11-7-20(8-12-24)4-3-15-27-25(29)22-13-16-28(17-14-22)18-21-5-9-23(26)10-6-21/h5-12,19,22H,3-4,13-18H2,1-2H3,(H,27,29). The fourth-order valence-corrected chi connectivity index (χ4v) is 3.98. The van der Waals surface area contributed by atoms with E-state index in [2.05, 4.69) is 34.5 Å². The van der Waals surface area contributed by atoms with E-state index in [0.29, 0.717) is 0 Å². The van der Waals surface area contributed by atoms with Crippen LogP contribution in [0.15, 0.2) is 48.5 Å². The van der Waals surface area contributed by atoms with E-state index in [-0.39, 0.29) is 17.9 Å². The lowest BCUT2D eigenvalue weighted by molar-refractivity contribution is -0.126. The van der Waals surface area contributed by atoms with Crippen LogP contribution in [0.4, 0.5) is 0 Å². The molecule has 1 amide bonds. The summed E-state index contributed by atoms with van der Waals surface area (Å²) < 4.78 is 5.67. The number of rotatable bonds is 9. The molecule has 1 aliphatic rings. The van der Waals surface area contributed by atoms with Crippen LogP contribution in [-0.2, 0) is 17.8 Å². The average Bonchev–Trinajstić information content (AvgIpc) is 2.74. The van der Waals surface area contributed by atoms with Crippen molar-refractivity contribution in [3.05, 3.63) is 64.7 Å². The maximum atomic E-state index is 12.5. The molecule has 2 aromatic rings. The van der Waals surface area contributed by atoms with Gasteiger partial charge in [0.25, 0.3) is 0 Å². The molecule has 1 saturated heterocycles. The smallest absolute Gasteiger partial charge is 0.223 e. The first-order valence-electron chi connectivity index (χ1n) is 11.0. The zero-order valence-electron chi connectivity index (χ0n) is 18.1. The minimum atomic E-state index is 0.138. The summed E-state index contributed by atoms with van der Waals surface area (Å²) in [6, 6.07) is 16.3. The van der Waals surface area contributed by atoms with Crippen molar-refractivity contribution in [2.75, 3.05) is 19.6 Å². The number of nitrogens with one attached hydrogen (secondary N) is 1. The molecule has 1 heterocycles. The second-order valence-corrected chi connectivity index (χ2v) is 8.82. The maximum absolute atomic E-state index is 12.5. The van der Waals surface area contributed by atoms with E-state index in [0.717, 1.165) is 62.6 Å². The number of carbonyl (C=O) groups is 1. The Bertz CT molecular complexity index is 782. The molecule has 0 unspecified atom stereocenters.